The summed E-state index contributed by atoms with van der Waals surface area (Å²) in [6, 6.07) is 77.0. The van der Waals surface area contributed by atoms with Gasteiger partial charge >= 0.3 is 0 Å². The number of hydrogen-bond acceptors (Lipinski definition) is 0. The summed E-state index contributed by atoms with van der Waals surface area (Å²) in [5.41, 5.74) is 20.1. The summed E-state index contributed by atoms with van der Waals surface area (Å²) in [7, 11) is 0. The zero-order chi connectivity index (χ0) is 38.0. The number of fused-ring (bicyclic) bond motifs is 13. The number of nitrogens with zero attached hydrogens (tertiary/aromatic N) is 2. The Balaban J connectivity index is 1.11. The van der Waals surface area contributed by atoms with Gasteiger partial charge in [-0.1, -0.05) is 158 Å². The number of para-hydroxylation sites is 3. The zero-order valence-electron chi connectivity index (χ0n) is 31.7. The largest absolute Gasteiger partial charge is 0.309 e. The van der Waals surface area contributed by atoms with E-state index in [2.05, 4.69) is 215 Å². The Morgan fingerprint density at radius 2 is 0.931 bits per heavy atom. The van der Waals surface area contributed by atoms with E-state index in [0.29, 0.717) is 0 Å². The van der Waals surface area contributed by atoms with Crippen LogP contribution < -0.4 is 0 Å². The molecule has 2 heteroatoms. The normalized spacial score (nSPS) is 13.6. The van der Waals surface area contributed by atoms with Crippen LogP contribution in [0.5, 0.6) is 0 Å². The molecule has 0 saturated heterocycles. The van der Waals surface area contributed by atoms with Crippen LogP contribution in [0, 0.1) is 0 Å². The predicted octanol–water partition coefficient (Wildman–Crippen LogP) is 13.8. The van der Waals surface area contributed by atoms with Crippen molar-refractivity contribution < 1.29 is 0 Å². The molecule has 0 fully saturated rings. The maximum absolute atomic E-state index is 2.53. The standard InChI is InChI=1S/C56H36N2/c1-3-15-38(16-4-1)56(49-23-11-7-19-42(49)43-20-8-12-24-50(43)56)39-29-32-53-48(34-39)46-31-28-37-33-36-27-30-41(35-47(36)54(37)55(46)58(53)40-17-5-2-6-18-40)57-51-25-13-9-21-44(51)45-22-10-14-26-52(45)57/h1-32,34-35H,33H2. The number of aromatic nitrogens is 2. The number of benzene rings is 9. The van der Waals surface area contributed by atoms with Crippen molar-refractivity contribution in [3.63, 3.8) is 0 Å². The van der Waals surface area contributed by atoms with Gasteiger partial charge < -0.3 is 9.13 Å². The van der Waals surface area contributed by atoms with Crippen LogP contribution in [-0.2, 0) is 11.8 Å². The molecule has 13 rings (SSSR count). The third kappa shape index (κ3) is 4.11. The van der Waals surface area contributed by atoms with Gasteiger partial charge in [0.25, 0.3) is 0 Å². The summed E-state index contributed by atoms with van der Waals surface area (Å²) >= 11 is 0. The zero-order valence-corrected chi connectivity index (χ0v) is 31.7. The van der Waals surface area contributed by atoms with Gasteiger partial charge in [-0.2, -0.15) is 0 Å². The maximum atomic E-state index is 2.53. The molecule has 0 aliphatic heterocycles. The Hall–Kier alpha value is -7.42. The molecule has 0 radical (unpaired) electrons. The van der Waals surface area contributed by atoms with E-state index >= 15 is 0 Å². The molecule has 9 aromatic carbocycles. The van der Waals surface area contributed by atoms with Gasteiger partial charge in [-0.05, 0) is 105 Å². The Labute approximate surface area is 336 Å². The van der Waals surface area contributed by atoms with Crippen LogP contribution in [0.15, 0.2) is 206 Å². The lowest BCUT2D eigenvalue weighted by Gasteiger charge is -2.34. The van der Waals surface area contributed by atoms with Gasteiger partial charge in [-0.3, -0.25) is 0 Å². The molecule has 270 valence electrons. The first kappa shape index (κ1) is 31.7. The summed E-state index contributed by atoms with van der Waals surface area (Å²) in [5, 5.41) is 5.10. The fourth-order valence-electron chi connectivity index (χ4n) is 10.9. The highest BCUT2D eigenvalue weighted by Crippen LogP contribution is 2.57. The van der Waals surface area contributed by atoms with Gasteiger partial charge in [-0.25, -0.2) is 0 Å². The number of rotatable bonds is 4. The van der Waals surface area contributed by atoms with Crippen molar-refractivity contribution in [2.24, 2.45) is 0 Å². The van der Waals surface area contributed by atoms with Gasteiger partial charge in [0, 0.05) is 38.5 Å². The van der Waals surface area contributed by atoms with E-state index in [4.69, 9.17) is 0 Å². The van der Waals surface area contributed by atoms with Crippen LogP contribution in [0.2, 0.25) is 0 Å². The molecule has 0 spiro atoms. The van der Waals surface area contributed by atoms with Gasteiger partial charge in [0.2, 0.25) is 0 Å². The van der Waals surface area contributed by atoms with Crippen LogP contribution in [0.3, 0.4) is 0 Å². The highest BCUT2D eigenvalue weighted by molar-refractivity contribution is 6.16. The maximum Gasteiger partial charge on any atom is 0.0713 e. The molecular weight excluding hydrogens is 701 g/mol. The first-order valence-corrected chi connectivity index (χ1v) is 20.3. The second-order valence-electron chi connectivity index (χ2n) is 16.0. The lowest BCUT2D eigenvalue weighted by atomic mass is 9.67. The van der Waals surface area contributed by atoms with Crippen molar-refractivity contribution in [3.8, 4) is 33.6 Å². The smallest absolute Gasteiger partial charge is 0.0713 e. The van der Waals surface area contributed by atoms with E-state index in [1.165, 1.54) is 111 Å². The minimum Gasteiger partial charge on any atom is -0.309 e. The SMILES string of the molecule is c1ccc(-n2c3ccc(C4(c5ccccc5)c5ccccc5-c5ccccc54)cc3c3ccc4c(c32)-c2cc(-n3c5ccccc5c5ccccc53)ccc2C4)cc1. The van der Waals surface area contributed by atoms with Crippen molar-refractivity contribution in [1.82, 2.24) is 9.13 Å². The van der Waals surface area contributed by atoms with Crippen LogP contribution in [0.4, 0.5) is 0 Å². The molecule has 0 N–H and O–H groups in total. The Morgan fingerprint density at radius 3 is 1.64 bits per heavy atom. The molecule has 2 aromatic heterocycles. The Bertz CT molecular complexity index is 3380. The number of hydrogen-bond donors (Lipinski definition) is 0. The molecule has 2 nitrogen and oxygen atoms in total. The average Bonchev–Trinajstić information content (AvgIpc) is 4.02. The minimum absolute atomic E-state index is 0.468. The minimum atomic E-state index is -0.468. The molecule has 0 amide bonds. The monoisotopic (exact) mass is 736 g/mol. The fourth-order valence-corrected chi connectivity index (χ4v) is 10.9. The molecule has 0 atom stereocenters. The van der Waals surface area contributed by atoms with Gasteiger partial charge in [0.05, 0.1) is 27.5 Å². The summed E-state index contributed by atoms with van der Waals surface area (Å²) in [5.74, 6) is 0. The van der Waals surface area contributed by atoms with E-state index in [0.717, 1.165) is 6.42 Å². The first-order valence-electron chi connectivity index (χ1n) is 20.3. The van der Waals surface area contributed by atoms with E-state index in [1.807, 2.05) is 0 Å². The molecule has 2 aliphatic rings. The van der Waals surface area contributed by atoms with Crippen molar-refractivity contribution >= 4 is 43.6 Å². The van der Waals surface area contributed by atoms with Crippen LogP contribution >= 0.6 is 0 Å². The lowest BCUT2D eigenvalue weighted by molar-refractivity contribution is 0.770. The predicted molar refractivity (Wildman–Crippen MR) is 241 cm³/mol. The van der Waals surface area contributed by atoms with Crippen LogP contribution in [-0.4, -0.2) is 9.13 Å². The van der Waals surface area contributed by atoms with Gasteiger partial charge in [-0.15, -0.1) is 0 Å². The summed E-state index contributed by atoms with van der Waals surface area (Å²) < 4.78 is 4.98. The highest BCUT2D eigenvalue weighted by Gasteiger charge is 2.46. The second kappa shape index (κ2) is 11.8. The summed E-state index contributed by atoms with van der Waals surface area (Å²) in [6.45, 7) is 0. The first-order chi connectivity index (χ1) is 28.8. The molecule has 58 heavy (non-hydrogen) atoms. The van der Waals surface area contributed by atoms with E-state index in [9.17, 15) is 0 Å². The van der Waals surface area contributed by atoms with E-state index in [-0.39, 0.29) is 0 Å². The second-order valence-corrected chi connectivity index (χ2v) is 16.0. The Morgan fingerprint density at radius 1 is 0.345 bits per heavy atom. The topological polar surface area (TPSA) is 9.86 Å². The summed E-state index contributed by atoms with van der Waals surface area (Å²) in [4.78, 5) is 0. The fraction of sp³-hybridized carbons (Fsp3) is 0.0357. The van der Waals surface area contributed by atoms with Crippen molar-refractivity contribution in [2.75, 3.05) is 0 Å². The van der Waals surface area contributed by atoms with Crippen molar-refractivity contribution in [1.29, 1.82) is 0 Å². The van der Waals surface area contributed by atoms with Crippen LogP contribution in [0.1, 0.15) is 33.4 Å². The van der Waals surface area contributed by atoms with Crippen molar-refractivity contribution in [3.05, 3.63) is 240 Å². The molecule has 2 aliphatic carbocycles. The van der Waals surface area contributed by atoms with E-state index in [1.54, 1.807) is 0 Å². The average molecular weight is 737 g/mol. The molecule has 2 heterocycles. The molecule has 0 saturated carbocycles. The third-order valence-electron chi connectivity index (χ3n) is 13.2. The molecule has 0 unspecified atom stereocenters. The quantitative estimate of drug-likeness (QED) is 0.170. The van der Waals surface area contributed by atoms with Gasteiger partial charge in [0.1, 0.15) is 0 Å². The highest BCUT2D eigenvalue weighted by atomic mass is 15.0. The summed E-state index contributed by atoms with van der Waals surface area (Å²) in [6.07, 6.45) is 0.917. The molecule has 0 bridgehead atoms. The van der Waals surface area contributed by atoms with Crippen molar-refractivity contribution in [2.45, 2.75) is 11.8 Å². The lowest BCUT2D eigenvalue weighted by Crippen LogP contribution is -2.28. The molecule has 11 aromatic rings. The van der Waals surface area contributed by atoms with Crippen LogP contribution in [0.25, 0.3) is 77.2 Å². The molecular formula is C56H36N2. The third-order valence-corrected chi connectivity index (χ3v) is 13.2. The van der Waals surface area contributed by atoms with Gasteiger partial charge in [0.15, 0.2) is 0 Å². The Kier molecular flexibility index (Phi) is 6.46. The van der Waals surface area contributed by atoms with E-state index < -0.39 is 5.41 Å².